The van der Waals surface area contributed by atoms with Crippen molar-refractivity contribution in [2.75, 3.05) is 18.0 Å². The summed E-state index contributed by atoms with van der Waals surface area (Å²) in [6.45, 7) is 5.43. The molecule has 2 rings (SSSR count). The third kappa shape index (κ3) is 2.42. The molecule has 2 atom stereocenters. The van der Waals surface area contributed by atoms with Gasteiger partial charge in [-0.2, -0.15) is 5.10 Å². The minimum atomic E-state index is -0.329. The molecule has 0 bridgehead atoms. The van der Waals surface area contributed by atoms with Crippen LogP contribution in [-0.4, -0.2) is 33.8 Å². The highest BCUT2D eigenvalue weighted by Crippen LogP contribution is 2.33. The van der Waals surface area contributed by atoms with E-state index in [2.05, 4.69) is 12.0 Å². The zero-order valence-corrected chi connectivity index (χ0v) is 11.7. The molecule has 0 aliphatic carbocycles. The zero-order chi connectivity index (χ0) is 14.2. The summed E-state index contributed by atoms with van der Waals surface area (Å²) < 4.78 is 1.61. The second-order valence-electron chi connectivity index (χ2n) is 5.23. The predicted molar refractivity (Wildman–Crippen MR) is 73.2 cm³/mol. The molecule has 7 heteroatoms. The van der Waals surface area contributed by atoms with Crippen molar-refractivity contribution in [1.82, 2.24) is 9.78 Å². The van der Waals surface area contributed by atoms with E-state index in [0.29, 0.717) is 30.4 Å². The van der Waals surface area contributed by atoms with E-state index in [1.54, 1.807) is 11.7 Å². The molecule has 106 valence electrons. The van der Waals surface area contributed by atoms with Gasteiger partial charge in [0.15, 0.2) is 0 Å². The summed E-state index contributed by atoms with van der Waals surface area (Å²) >= 11 is 0. The van der Waals surface area contributed by atoms with Gasteiger partial charge in [-0.05, 0) is 18.8 Å². The number of anilines is 1. The van der Waals surface area contributed by atoms with Crippen LogP contribution >= 0.6 is 0 Å². The van der Waals surface area contributed by atoms with E-state index in [4.69, 9.17) is 5.73 Å². The summed E-state index contributed by atoms with van der Waals surface area (Å²) in [7, 11) is 1.76. The van der Waals surface area contributed by atoms with Crippen LogP contribution in [-0.2, 0) is 13.5 Å². The van der Waals surface area contributed by atoms with Gasteiger partial charge in [0.05, 0.1) is 4.92 Å². The van der Waals surface area contributed by atoms with Crippen molar-refractivity contribution in [3.05, 3.63) is 15.8 Å². The van der Waals surface area contributed by atoms with E-state index in [0.717, 1.165) is 13.0 Å². The molecular formula is C12H21N5O2. The number of hydrogen-bond acceptors (Lipinski definition) is 5. The summed E-state index contributed by atoms with van der Waals surface area (Å²) in [6.07, 6.45) is 1.51. The summed E-state index contributed by atoms with van der Waals surface area (Å²) in [4.78, 5) is 13.0. The second kappa shape index (κ2) is 5.16. The molecule has 1 aliphatic heterocycles. The van der Waals surface area contributed by atoms with Crippen LogP contribution in [0.3, 0.4) is 0 Å². The number of rotatable bonds is 3. The van der Waals surface area contributed by atoms with Gasteiger partial charge < -0.3 is 10.6 Å². The molecule has 2 heterocycles. The molecule has 1 aliphatic rings. The number of nitrogens with two attached hydrogens (primary N) is 1. The SMILES string of the molecule is CCc1nn(C)c(N2CCC(C)C(N)C2)c1[N+](=O)[O-]. The molecule has 0 amide bonds. The molecule has 0 saturated carbocycles. The normalized spacial score (nSPS) is 23.7. The van der Waals surface area contributed by atoms with E-state index < -0.39 is 0 Å². The molecular weight excluding hydrogens is 246 g/mol. The van der Waals surface area contributed by atoms with Gasteiger partial charge in [0.25, 0.3) is 0 Å². The predicted octanol–water partition coefficient (Wildman–Crippen LogP) is 1.06. The average Bonchev–Trinajstić information content (AvgIpc) is 2.70. The summed E-state index contributed by atoms with van der Waals surface area (Å²) in [5.41, 5.74) is 6.75. The first kappa shape index (κ1) is 13.8. The van der Waals surface area contributed by atoms with Crippen LogP contribution < -0.4 is 10.6 Å². The maximum absolute atomic E-state index is 11.3. The van der Waals surface area contributed by atoms with Crippen molar-refractivity contribution >= 4 is 11.5 Å². The molecule has 2 N–H and O–H groups in total. The Kier molecular flexibility index (Phi) is 3.75. The van der Waals surface area contributed by atoms with Crippen molar-refractivity contribution in [2.24, 2.45) is 18.7 Å². The summed E-state index contributed by atoms with van der Waals surface area (Å²) in [5.74, 6) is 1.04. The van der Waals surface area contributed by atoms with Gasteiger partial charge in [-0.3, -0.25) is 10.1 Å². The van der Waals surface area contributed by atoms with Crippen molar-refractivity contribution < 1.29 is 4.92 Å². The van der Waals surface area contributed by atoms with Crippen molar-refractivity contribution in [1.29, 1.82) is 0 Å². The fourth-order valence-electron chi connectivity index (χ4n) is 2.63. The van der Waals surface area contributed by atoms with Crippen LogP contribution in [0.2, 0.25) is 0 Å². The van der Waals surface area contributed by atoms with E-state index in [1.165, 1.54) is 0 Å². The lowest BCUT2D eigenvalue weighted by molar-refractivity contribution is -0.384. The maximum atomic E-state index is 11.3. The number of nitro groups is 1. The fourth-order valence-corrected chi connectivity index (χ4v) is 2.63. The van der Waals surface area contributed by atoms with Gasteiger partial charge >= 0.3 is 5.69 Å². The molecule has 1 aromatic rings. The zero-order valence-electron chi connectivity index (χ0n) is 11.7. The smallest absolute Gasteiger partial charge is 0.334 e. The van der Waals surface area contributed by atoms with E-state index in [9.17, 15) is 10.1 Å². The minimum absolute atomic E-state index is 0.0494. The Morgan fingerprint density at radius 1 is 1.58 bits per heavy atom. The standard InChI is InChI=1S/C12H21N5O2/c1-4-10-11(17(18)19)12(15(3)14-10)16-6-5-8(2)9(13)7-16/h8-9H,4-7,13H2,1-3H3. The van der Waals surface area contributed by atoms with Gasteiger partial charge in [0.2, 0.25) is 5.82 Å². The van der Waals surface area contributed by atoms with Crippen LogP contribution in [0.4, 0.5) is 11.5 Å². The topological polar surface area (TPSA) is 90.2 Å². The van der Waals surface area contributed by atoms with Gasteiger partial charge in [-0.25, -0.2) is 4.68 Å². The molecule has 1 fully saturated rings. The van der Waals surface area contributed by atoms with E-state index in [1.807, 2.05) is 11.8 Å². The Bertz CT molecular complexity index is 485. The lowest BCUT2D eigenvalue weighted by Crippen LogP contribution is -2.48. The Morgan fingerprint density at radius 3 is 2.79 bits per heavy atom. The molecule has 1 aromatic heterocycles. The lowest BCUT2D eigenvalue weighted by Gasteiger charge is -2.35. The average molecular weight is 267 g/mol. The first-order chi connectivity index (χ1) is 8.95. The molecule has 0 aromatic carbocycles. The van der Waals surface area contributed by atoms with Crippen molar-refractivity contribution in [3.8, 4) is 0 Å². The van der Waals surface area contributed by atoms with Crippen LogP contribution in [0.25, 0.3) is 0 Å². The number of aromatic nitrogens is 2. The minimum Gasteiger partial charge on any atom is -0.350 e. The van der Waals surface area contributed by atoms with Crippen LogP contribution in [0.1, 0.15) is 26.0 Å². The lowest BCUT2D eigenvalue weighted by atomic mass is 9.94. The van der Waals surface area contributed by atoms with Crippen molar-refractivity contribution in [2.45, 2.75) is 32.7 Å². The molecule has 1 saturated heterocycles. The summed E-state index contributed by atoms with van der Waals surface area (Å²) in [5, 5.41) is 15.6. The maximum Gasteiger partial charge on any atom is 0.334 e. The second-order valence-corrected chi connectivity index (χ2v) is 5.23. The van der Waals surface area contributed by atoms with E-state index >= 15 is 0 Å². The number of piperidine rings is 1. The van der Waals surface area contributed by atoms with Gasteiger partial charge in [-0.1, -0.05) is 13.8 Å². The third-order valence-electron chi connectivity index (χ3n) is 3.90. The third-order valence-corrected chi connectivity index (χ3v) is 3.90. The van der Waals surface area contributed by atoms with Gasteiger partial charge in [-0.15, -0.1) is 0 Å². The molecule has 0 spiro atoms. The number of aryl methyl sites for hydroxylation is 2. The molecule has 7 nitrogen and oxygen atoms in total. The highest BCUT2D eigenvalue weighted by molar-refractivity contribution is 5.62. The highest BCUT2D eigenvalue weighted by atomic mass is 16.6. The fraction of sp³-hybridized carbons (Fsp3) is 0.750. The van der Waals surface area contributed by atoms with Gasteiger partial charge in [0, 0.05) is 26.2 Å². The first-order valence-corrected chi connectivity index (χ1v) is 6.66. The van der Waals surface area contributed by atoms with Crippen LogP contribution in [0.5, 0.6) is 0 Å². The number of hydrogen-bond donors (Lipinski definition) is 1. The molecule has 19 heavy (non-hydrogen) atoms. The largest absolute Gasteiger partial charge is 0.350 e. The van der Waals surface area contributed by atoms with Crippen LogP contribution in [0.15, 0.2) is 0 Å². The number of nitrogens with zero attached hydrogens (tertiary/aromatic N) is 4. The Hall–Kier alpha value is -1.63. The Balaban J connectivity index is 2.39. The first-order valence-electron chi connectivity index (χ1n) is 6.66. The van der Waals surface area contributed by atoms with Crippen molar-refractivity contribution in [3.63, 3.8) is 0 Å². The summed E-state index contributed by atoms with van der Waals surface area (Å²) in [6, 6.07) is 0.0494. The molecule has 2 unspecified atom stereocenters. The Morgan fingerprint density at radius 2 is 2.26 bits per heavy atom. The molecule has 0 radical (unpaired) electrons. The van der Waals surface area contributed by atoms with Crippen LogP contribution in [0, 0.1) is 16.0 Å². The van der Waals surface area contributed by atoms with Gasteiger partial charge in [0.1, 0.15) is 5.69 Å². The Labute approximate surface area is 112 Å². The monoisotopic (exact) mass is 267 g/mol. The highest BCUT2D eigenvalue weighted by Gasteiger charge is 2.33. The van der Waals surface area contributed by atoms with E-state index in [-0.39, 0.29) is 16.7 Å². The quantitative estimate of drug-likeness (QED) is 0.653.